The van der Waals surface area contributed by atoms with Gasteiger partial charge >= 0.3 is 0 Å². The second kappa shape index (κ2) is 8.85. The summed E-state index contributed by atoms with van der Waals surface area (Å²) < 4.78 is 19.0. The molecule has 0 atom stereocenters. The third kappa shape index (κ3) is 5.52. The van der Waals surface area contributed by atoms with Crippen molar-refractivity contribution >= 4 is 18.3 Å². The normalized spacial score (nSPS) is 15.3. The van der Waals surface area contributed by atoms with Crippen molar-refractivity contribution in [3.05, 3.63) is 29.6 Å². The predicted octanol–water partition coefficient (Wildman–Crippen LogP) is 2.51. The number of halogens is 2. The smallest absolute Gasteiger partial charge is 0.251 e. The number of hydrogen-bond acceptors (Lipinski definition) is 3. The van der Waals surface area contributed by atoms with Crippen LogP contribution < -0.4 is 15.8 Å². The Morgan fingerprint density at radius 1 is 1.38 bits per heavy atom. The highest BCUT2D eigenvalue weighted by atomic mass is 35.5. The van der Waals surface area contributed by atoms with Gasteiger partial charge in [-0.1, -0.05) is 0 Å². The summed E-state index contributed by atoms with van der Waals surface area (Å²) in [7, 11) is 0. The van der Waals surface area contributed by atoms with Gasteiger partial charge in [-0.15, -0.1) is 12.4 Å². The molecular weight excluding hydrogens is 295 g/mol. The Morgan fingerprint density at radius 3 is 2.71 bits per heavy atom. The second-order valence-corrected chi connectivity index (χ2v) is 5.19. The molecule has 0 radical (unpaired) electrons. The number of amides is 1. The molecule has 21 heavy (non-hydrogen) atoms. The molecular formula is C15H22ClFN2O2. The molecule has 0 spiro atoms. The Labute approximate surface area is 130 Å². The fraction of sp³-hybridized carbons (Fsp3) is 0.533. The lowest BCUT2D eigenvalue weighted by molar-refractivity contribution is 0.0996. The highest BCUT2D eigenvalue weighted by Gasteiger charge is 2.12. The van der Waals surface area contributed by atoms with Crippen LogP contribution in [0.2, 0.25) is 0 Å². The average Bonchev–Trinajstić information content (AvgIpc) is 2.44. The topological polar surface area (TPSA) is 64.4 Å². The SMILES string of the molecule is Cl.NC(=O)c1ccc(OCCCC2CCNCC2)cc1F. The lowest BCUT2D eigenvalue weighted by Gasteiger charge is -2.22. The zero-order valence-corrected chi connectivity index (χ0v) is 12.8. The van der Waals surface area contributed by atoms with E-state index in [2.05, 4.69) is 5.32 Å². The highest BCUT2D eigenvalue weighted by molar-refractivity contribution is 5.93. The van der Waals surface area contributed by atoms with E-state index in [1.807, 2.05) is 0 Å². The van der Waals surface area contributed by atoms with E-state index in [9.17, 15) is 9.18 Å². The molecule has 0 aliphatic carbocycles. The molecule has 1 heterocycles. The third-order valence-electron chi connectivity index (χ3n) is 3.69. The predicted molar refractivity (Wildman–Crippen MR) is 82.5 cm³/mol. The summed E-state index contributed by atoms with van der Waals surface area (Å²) in [6.45, 7) is 2.77. The number of rotatable bonds is 6. The number of carbonyl (C=O) groups is 1. The number of carbonyl (C=O) groups excluding carboxylic acids is 1. The largest absolute Gasteiger partial charge is 0.493 e. The quantitative estimate of drug-likeness (QED) is 0.793. The number of nitrogens with one attached hydrogen (secondary N) is 1. The minimum absolute atomic E-state index is 0. The van der Waals surface area contributed by atoms with E-state index in [1.165, 1.54) is 25.0 Å². The number of ether oxygens (including phenoxy) is 1. The Balaban J connectivity index is 0.00000220. The van der Waals surface area contributed by atoms with Gasteiger partial charge in [-0.3, -0.25) is 4.79 Å². The van der Waals surface area contributed by atoms with Gasteiger partial charge in [-0.25, -0.2) is 4.39 Å². The van der Waals surface area contributed by atoms with E-state index in [0.29, 0.717) is 12.4 Å². The zero-order valence-electron chi connectivity index (χ0n) is 11.9. The Bertz CT molecular complexity index is 465. The minimum Gasteiger partial charge on any atom is -0.493 e. The molecule has 1 saturated heterocycles. The maximum Gasteiger partial charge on any atom is 0.251 e. The number of piperidine rings is 1. The van der Waals surface area contributed by atoms with Gasteiger partial charge in [0.15, 0.2) is 0 Å². The van der Waals surface area contributed by atoms with Crippen LogP contribution in [0, 0.1) is 11.7 Å². The third-order valence-corrected chi connectivity index (χ3v) is 3.69. The van der Waals surface area contributed by atoms with Crippen molar-refractivity contribution < 1.29 is 13.9 Å². The molecule has 0 saturated carbocycles. The van der Waals surface area contributed by atoms with Crippen LogP contribution in [0.1, 0.15) is 36.0 Å². The maximum absolute atomic E-state index is 13.5. The van der Waals surface area contributed by atoms with Crippen molar-refractivity contribution in [1.82, 2.24) is 5.32 Å². The van der Waals surface area contributed by atoms with Crippen LogP contribution in [0.4, 0.5) is 4.39 Å². The molecule has 0 bridgehead atoms. The van der Waals surface area contributed by atoms with E-state index in [0.717, 1.165) is 31.8 Å². The number of benzene rings is 1. The molecule has 2 rings (SSSR count). The van der Waals surface area contributed by atoms with E-state index in [4.69, 9.17) is 10.5 Å². The Morgan fingerprint density at radius 2 is 2.10 bits per heavy atom. The first-order valence-corrected chi connectivity index (χ1v) is 7.09. The summed E-state index contributed by atoms with van der Waals surface area (Å²) in [4.78, 5) is 10.9. The van der Waals surface area contributed by atoms with Gasteiger partial charge in [0.1, 0.15) is 11.6 Å². The van der Waals surface area contributed by atoms with Crippen LogP contribution in [0.15, 0.2) is 18.2 Å². The van der Waals surface area contributed by atoms with Crippen LogP contribution in [0.3, 0.4) is 0 Å². The lowest BCUT2D eigenvalue weighted by Crippen LogP contribution is -2.27. The van der Waals surface area contributed by atoms with Crippen LogP contribution >= 0.6 is 12.4 Å². The van der Waals surface area contributed by atoms with Gasteiger partial charge in [0, 0.05) is 6.07 Å². The molecule has 1 fully saturated rings. The number of hydrogen-bond donors (Lipinski definition) is 2. The molecule has 3 N–H and O–H groups in total. The first-order valence-electron chi connectivity index (χ1n) is 7.09. The molecule has 0 unspecified atom stereocenters. The molecule has 1 aliphatic heterocycles. The van der Waals surface area contributed by atoms with Gasteiger partial charge in [-0.2, -0.15) is 0 Å². The lowest BCUT2D eigenvalue weighted by atomic mass is 9.93. The fourth-order valence-corrected chi connectivity index (χ4v) is 2.52. The minimum atomic E-state index is -0.764. The molecule has 1 aliphatic rings. The summed E-state index contributed by atoms with van der Waals surface area (Å²) in [6, 6.07) is 4.15. The monoisotopic (exact) mass is 316 g/mol. The molecule has 1 amide bonds. The molecule has 1 aromatic carbocycles. The van der Waals surface area contributed by atoms with E-state index in [1.54, 1.807) is 6.07 Å². The zero-order chi connectivity index (χ0) is 14.4. The summed E-state index contributed by atoms with van der Waals surface area (Å²) in [5.41, 5.74) is 4.94. The van der Waals surface area contributed by atoms with Crippen molar-refractivity contribution in [2.45, 2.75) is 25.7 Å². The van der Waals surface area contributed by atoms with Crippen LogP contribution in [0.25, 0.3) is 0 Å². The maximum atomic E-state index is 13.5. The first kappa shape index (κ1) is 17.7. The molecule has 1 aromatic rings. The van der Waals surface area contributed by atoms with Gasteiger partial charge in [0.05, 0.1) is 12.2 Å². The van der Waals surface area contributed by atoms with Crippen LogP contribution in [-0.2, 0) is 0 Å². The molecule has 4 nitrogen and oxygen atoms in total. The van der Waals surface area contributed by atoms with E-state index >= 15 is 0 Å². The van der Waals surface area contributed by atoms with Crippen molar-refractivity contribution in [1.29, 1.82) is 0 Å². The first-order chi connectivity index (χ1) is 9.66. The summed E-state index contributed by atoms with van der Waals surface area (Å²) in [5, 5.41) is 3.34. The van der Waals surface area contributed by atoms with E-state index in [-0.39, 0.29) is 18.0 Å². The van der Waals surface area contributed by atoms with Gasteiger partial charge in [-0.05, 0) is 56.8 Å². The average molecular weight is 317 g/mol. The Kier molecular flexibility index (Phi) is 7.47. The molecule has 0 aromatic heterocycles. The van der Waals surface area contributed by atoms with Gasteiger partial charge < -0.3 is 15.8 Å². The standard InChI is InChI=1S/C15H21FN2O2.ClH/c16-14-10-12(3-4-13(14)15(17)19)20-9-1-2-11-5-7-18-8-6-11;/h3-4,10-11,18H,1-2,5-9H2,(H2,17,19);1H. The Hall–Kier alpha value is -1.33. The molecule has 118 valence electrons. The van der Waals surface area contributed by atoms with Crippen molar-refractivity contribution in [2.75, 3.05) is 19.7 Å². The number of primary amides is 1. The van der Waals surface area contributed by atoms with Gasteiger partial charge in [0.25, 0.3) is 5.91 Å². The van der Waals surface area contributed by atoms with Crippen LogP contribution in [-0.4, -0.2) is 25.6 Å². The van der Waals surface area contributed by atoms with E-state index < -0.39 is 11.7 Å². The van der Waals surface area contributed by atoms with Crippen molar-refractivity contribution in [2.24, 2.45) is 11.7 Å². The number of nitrogens with two attached hydrogens (primary N) is 1. The fourth-order valence-electron chi connectivity index (χ4n) is 2.52. The molecule has 6 heteroatoms. The summed E-state index contributed by atoms with van der Waals surface area (Å²) in [6.07, 6.45) is 4.55. The summed E-state index contributed by atoms with van der Waals surface area (Å²) in [5.74, 6) is -0.181. The van der Waals surface area contributed by atoms with Crippen molar-refractivity contribution in [3.63, 3.8) is 0 Å². The summed E-state index contributed by atoms with van der Waals surface area (Å²) >= 11 is 0. The highest BCUT2D eigenvalue weighted by Crippen LogP contribution is 2.19. The van der Waals surface area contributed by atoms with Crippen molar-refractivity contribution in [3.8, 4) is 5.75 Å². The van der Waals surface area contributed by atoms with Gasteiger partial charge in [0.2, 0.25) is 0 Å². The second-order valence-electron chi connectivity index (χ2n) is 5.19. The van der Waals surface area contributed by atoms with Crippen LogP contribution in [0.5, 0.6) is 5.75 Å².